The zero-order valence-corrected chi connectivity index (χ0v) is 14.5. The first-order chi connectivity index (χ1) is 10.1. The molecular weight excluding hydrogens is 321 g/mol. The second kappa shape index (κ2) is 8.09. The van der Waals surface area contributed by atoms with Gasteiger partial charge >= 0.3 is 0 Å². The third kappa shape index (κ3) is 4.65. The second-order valence-electron chi connectivity index (χ2n) is 4.88. The van der Waals surface area contributed by atoms with Crippen molar-refractivity contribution in [3.63, 3.8) is 0 Å². The van der Waals surface area contributed by atoms with E-state index in [1.807, 2.05) is 30.0 Å². The van der Waals surface area contributed by atoms with Gasteiger partial charge in [0.05, 0.1) is 10.0 Å². The van der Waals surface area contributed by atoms with Gasteiger partial charge in [0.25, 0.3) is 0 Å². The van der Waals surface area contributed by atoms with Gasteiger partial charge in [0.15, 0.2) is 0 Å². The van der Waals surface area contributed by atoms with Gasteiger partial charge in [0.1, 0.15) is 0 Å². The molecule has 0 spiro atoms. The molecule has 0 bridgehead atoms. The molecule has 2 aromatic rings. The monoisotopic (exact) mass is 339 g/mol. The summed E-state index contributed by atoms with van der Waals surface area (Å²) in [5, 5.41) is 4.74. The van der Waals surface area contributed by atoms with Crippen molar-refractivity contribution in [1.82, 2.24) is 5.32 Å². The zero-order chi connectivity index (χ0) is 15.2. The molecule has 1 atom stereocenters. The van der Waals surface area contributed by atoms with E-state index in [1.165, 1.54) is 10.5 Å². The Hall–Kier alpha value is -0.670. The van der Waals surface area contributed by atoms with Gasteiger partial charge in [-0.05, 0) is 37.2 Å². The average Bonchev–Trinajstić information content (AvgIpc) is 2.47. The van der Waals surface area contributed by atoms with Gasteiger partial charge < -0.3 is 5.32 Å². The van der Waals surface area contributed by atoms with Gasteiger partial charge in [-0.15, -0.1) is 11.8 Å². The molecule has 1 unspecified atom stereocenters. The molecule has 1 nitrogen and oxygen atoms in total. The number of hydrogen-bond donors (Lipinski definition) is 1. The molecule has 0 radical (unpaired) electrons. The number of thioether (sulfide) groups is 1. The average molecular weight is 340 g/mol. The van der Waals surface area contributed by atoms with E-state index in [-0.39, 0.29) is 6.04 Å². The van der Waals surface area contributed by atoms with Crippen LogP contribution in [0.1, 0.15) is 24.1 Å². The standard InChI is InChI=1S/C17H19Cl2NS/c1-3-20-16(14-8-5-9-15(18)17(14)19)11-21-13-7-4-6-12(2)10-13/h4-10,16,20H,3,11H2,1-2H3. The van der Waals surface area contributed by atoms with Crippen LogP contribution >= 0.6 is 35.0 Å². The molecule has 1 N–H and O–H groups in total. The first-order valence-electron chi connectivity index (χ1n) is 6.98. The van der Waals surface area contributed by atoms with Crippen molar-refractivity contribution in [2.75, 3.05) is 12.3 Å². The summed E-state index contributed by atoms with van der Waals surface area (Å²) < 4.78 is 0. The van der Waals surface area contributed by atoms with Crippen LogP contribution in [0.4, 0.5) is 0 Å². The van der Waals surface area contributed by atoms with Gasteiger partial charge in [-0.2, -0.15) is 0 Å². The van der Waals surface area contributed by atoms with E-state index in [1.54, 1.807) is 0 Å². The molecule has 0 amide bonds. The van der Waals surface area contributed by atoms with Crippen molar-refractivity contribution in [3.05, 3.63) is 63.6 Å². The summed E-state index contributed by atoms with van der Waals surface area (Å²) in [7, 11) is 0. The lowest BCUT2D eigenvalue weighted by atomic mass is 10.1. The fraction of sp³-hybridized carbons (Fsp3) is 0.294. The number of nitrogens with one attached hydrogen (secondary N) is 1. The molecule has 0 fully saturated rings. The molecule has 0 aliphatic carbocycles. The van der Waals surface area contributed by atoms with Crippen LogP contribution in [0, 0.1) is 6.92 Å². The molecule has 2 aromatic carbocycles. The SMILES string of the molecule is CCNC(CSc1cccc(C)c1)c1cccc(Cl)c1Cl. The van der Waals surface area contributed by atoms with E-state index in [0.717, 1.165) is 17.9 Å². The van der Waals surface area contributed by atoms with E-state index < -0.39 is 0 Å². The highest BCUT2D eigenvalue weighted by Gasteiger charge is 2.15. The first kappa shape index (κ1) is 16.7. The number of halogens is 2. The molecule has 21 heavy (non-hydrogen) atoms. The van der Waals surface area contributed by atoms with E-state index in [4.69, 9.17) is 23.2 Å². The summed E-state index contributed by atoms with van der Waals surface area (Å²) in [5.41, 5.74) is 2.34. The molecule has 0 aromatic heterocycles. The Balaban J connectivity index is 2.14. The Labute approximate surface area is 141 Å². The van der Waals surface area contributed by atoms with E-state index >= 15 is 0 Å². The largest absolute Gasteiger partial charge is 0.309 e. The molecule has 0 aliphatic heterocycles. The summed E-state index contributed by atoms with van der Waals surface area (Å²) in [6, 6.07) is 14.5. The minimum absolute atomic E-state index is 0.187. The van der Waals surface area contributed by atoms with Crippen molar-refractivity contribution in [2.24, 2.45) is 0 Å². The number of hydrogen-bond acceptors (Lipinski definition) is 2. The Morgan fingerprint density at radius 3 is 2.62 bits per heavy atom. The van der Waals surface area contributed by atoms with Crippen molar-refractivity contribution >= 4 is 35.0 Å². The Bertz CT molecular complexity index is 601. The highest BCUT2D eigenvalue weighted by Crippen LogP contribution is 2.33. The van der Waals surface area contributed by atoms with Crippen LogP contribution in [0.5, 0.6) is 0 Å². The van der Waals surface area contributed by atoms with Crippen LogP contribution in [0.25, 0.3) is 0 Å². The quantitative estimate of drug-likeness (QED) is 0.673. The minimum atomic E-state index is 0.187. The predicted octanol–water partition coefficient (Wildman–Crippen LogP) is 5.74. The lowest BCUT2D eigenvalue weighted by Crippen LogP contribution is -2.23. The number of aryl methyl sites for hydroxylation is 1. The zero-order valence-electron chi connectivity index (χ0n) is 12.2. The number of benzene rings is 2. The van der Waals surface area contributed by atoms with Crippen LogP contribution in [0.3, 0.4) is 0 Å². The van der Waals surface area contributed by atoms with Crippen LogP contribution in [0.15, 0.2) is 47.4 Å². The smallest absolute Gasteiger partial charge is 0.0640 e. The van der Waals surface area contributed by atoms with Gasteiger partial charge in [0.2, 0.25) is 0 Å². The fourth-order valence-corrected chi connectivity index (χ4v) is 3.72. The Kier molecular flexibility index (Phi) is 6.43. The summed E-state index contributed by atoms with van der Waals surface area (Å²) in [6.45, 7) is 5.10. The Morgan fingerprint density at radius 2 is 1.90 bits per heavy atom. The third-order valence-corrected chi connectivity index (χ3v) is 5.13. The molecule has 0 aliphatic rings. The highest BCUT2D eigenvalue weighted by molar-refractivity contribution is 7.99. The van der Waals surface area contributed by atoms with Crippen LogP contribution < -0.4 is 5.32 Å². The third-order valence-electron chi connectivity index (χ3n) is 3.21. The van der Waals surface area contributed by atoms with E-state index in [9.17, 15) is 0 Å². The topological polar surface area (TPSA) is 12.0 Å². The van der Waals surface area contributed by atoms with Crippen molar-refractivity contribution in [3.8, 4) is 0 Å². The molecule has 112 valence electrons. The van der Waals surface area contributed by atoms with Crippen LogP contribution in [0.2, 0.25) is 10.0 Å². The van der Waals surface area contributed by atoms with E-state index in [0.29, 0.717) is 10.0 Å². The summed E-state index contributed by atoms with van der Waals surface area (Å²) in [6.07, 6.45) is 0. The first-order valence-corrected chi connectivity index (χ1v) is 8.72. The highest BCUT2D eigenvalue weighted by atomic mass is 35.5. The summed E-state index contributed by atoms with van der Waals surface area (Å²) in [4.78, 5) is 1.27. The minimum Gasteiger partial charge on any atom is -0.309 e. The van der Waals surface area contributed by atoms with Crippen LogP contribution in [-0.4, -0.2) is 12.3 Å². The molecular formula is C17H19Cl2NS. The number of rotatable bonds is 6. The van der Waals surface area contributed by atoms with Gasteiger partial charge in [-0.3, -0.25) is 0 Å². The molecule has 0 saturated heterocycles. The predicted molar refractivity (Wildman–Crippen MR) is 94.8 cm³/mol. The van der Waals surface area contributed by atoms with Crippen molar-refractivity contribution in [1.29, 1.82) is 0 Å². The Morgan fingerprint density at radius 1 is 1.14 bits per heavy atom. The summed E-state index contributed by atoms with van der Waals surface area (Å²) >= 11 is 14.3. The fourth-order valence-electron chi connectivity index (χ4n) is 2.18. The van der Waals surface area contributed by atoms with Gasteiger partial charge in [-0.1, -0.05) is 60.0 Å². The normalized spacial score (nSPS) is 12.4. The maximum absolute atomic E-state index is 6.35. The second-order valence-corrected chi connectivity index (χ2v) is 6.76. The van der Waals surface area contributed by atoms with Crippen molar-refractivity contribution < 1.29 is 0 Å². The molecule has 0 saturated carbocycles. The molecule has 4 heteroatoms. The van der Waals surface area contributed by atoms with E-state index in [2.05, 4.69) is 43.4 Å². The van der Waals surface area contributed by atoms with Crippen molar-refractivity contribution in [2.45, 2.75) is 24.8 Å². The maximum Gasteiger partial charge on any atom is 0.0640 e. The van der Waals surface area contributed by atoms with Crippen LogP contribution in [-0.2, 0) is 0 Å². The lowest BCUT2D eigenvalue weighted by molar-refractivity contribution is 0.606. The summed E-state index contributed by atoms with van der Waals surface area (Å²) in [5.74, 6) is 0.914. The lowest BCUT2D eigenvalue weighted by Gasteiger charge is -2.20. The van der Waals surface area contributed by atoms with Gasteiger partial charge in [0, 0.05) is 16.7 Å². The molecule has 2 rings (SSSR count). The van der Waals surface area contributed by atoms with Gasteiger partial charge in [-0.25, -0.2) is 0 Å². The maximum atomic E-state index is 6.35. The molecule has 0 heterocycles.